The summed E-state index contributed by atoms with van der Waals surface area (Å²) in [5.74, 6) is 0. The van der Waals surface area contributed by atoms with Gasteiger partial charge in [-0.2, -0.15) is 5.26 Å². The Hall–Kier alpha value is -2.42. The number of aromatic amines is 1. The van der Waals surface area contributed by atoms with Gasteiger partial charge in [0.1, 0.15) is 0 Å². The minimum absolute atomic E-state index is 0.119. The largest absolute Gasteiger partial charge is 0.348 e. The second-order valence-electron chi connectivity index (χ2n) is 6.22. The Bertz CT molecular complexity index is 926. The number of rotatable bonds is 3. The molecule has 4 nitrogen and oxygen atoms in total. The Balaban J connectivity index is 1.72. The topological polar surface area (TPSA) is 55.7 Å². The summed E-state index contributed by atoms with van der Waals surface area (Å²) in [4.78, 5) is 10.3. The minimum Gasteiger partial charge on any atom is -0.348 e. The van der Waals surface area contributed by atoms with Crippen molar-refractivity contribution in [2.24, 2.45) is 0 Å². The van der Waals surface area contributed by atoms with E-state index in [1.165, 1.54) is 11.3 Å². The van der Waals surface area contributed by atoms with E-state index in [2.05, 4.69) is 61.1 Å². The van der Waals surface area contributed by atoms with E-state index in [9.17, 15) is 5.26 Å². The summed E-state index contributed by atoms with van der Waals surface area (Å²) in [6, 6.07) is 18.6. The van der Waals surface area contributed by atoms with Gasteiger partial charge in [0, 0.05) is 29.7 Å². The van der Waals surface area contributed by atoms with Crippen LogP contribution in [0.4, 0.5) is 0 Å². The van der Waals surface area contributed by atoms with Crippen molar-refractivity contribution in [2.45, 2.75) is 19.0 Å². The van der Waals surface area contributed by atoms with E-state index >= 15 is 0 Å². The number of fused-ring (bicyclic) bond motifs is 1. The molecular formula is C20H17BrN4. The number of hydrogen-bond acceptors (Lipinski definition) is 3. The highest BCUT2D eigenvalue weighted by Gasteiger charge is 2.31. The summed E-state index contributed by atoms with van der Waals surface area (Å²) in [7, 11) is 0. The Morgan fingerprint density at radius 1 is 1.24 bits per heavy atom. The first-order chi connectivity index (χ1) is 12.3. The van der Waals surface area contributed by atoms with Crippen LogP contribution in [-0.4, -0.2) is 21.4 Å². The molecule has 0 amide bonds. The Morgan fingerprint density at radius 3 is 2.88 bits per heavy atom. The molecule has 1 aliphatic rings. The second-order valence-corrected chi connectivity index (χ2v) is 7.07. The molecule has 1 unspecified atom stereocenters. The lowest BCUT2D eigenvalue weighted by atomic mass is 9.95. The van der Waals surface area contributed by atoms with Crippen molar-refractivity contribution in [3.05, 3.63) is 87.4 Å². The van der Waals surface area contributed by atoms with Crippen LogP contribution in [0, 0.1) is 11.3 Å². The van der Waals surface area contributed by atoms with E-state index in [-0.39, 0.29) is 6.04 Å². The monoisotopic (exact) mass is 392 g/mol. The average molecular weight is 393 g/mol. The van der Waals surface area contributed by atoms with Gasteiger partial charge in [-0.25, -0.2) is 4.98 Å². The lowest BCUT2D eigenvalue weighted by Gasteiger charge is -2.35. The van der Waals surface area contributed by atoms with E-state index in [1.807, 2.05) is 24.3 Å². The third-order valence-corrected chi connectivity index (χ3v) is 5.46. The molecule has 0 radical (unpaired) electrons. The number of hydrogen-bond donors (Lipinski definition) is 1. The first-order valence-corrected chi connectivity index (χ1v) is 9.05. The molecule has 0 bridgehead atoms. The standard InChI is InChI=1S/C20H17BrN4/c21-17-7-6-14(11-22)10-16(17)12-25-9-8-18-19(24-13-23-18)20(25)15-4-2-1-3-5-15/h1-7,10,13,20H,8-9,12H2,(H,23,24). The molecule has 124 valence electrons. The number of nitrogens with zero attached hydrogens (tertiary/aromatic N) is 3. The van der Waals surface area contributed by atoms with Gasteiger partial charge in [0.2, 0.25) is 0 Å². The minimum atomic E-state index is 0.119. The van der Waals surface area contributed by atoms with Crippen LogP contribution in [0.25, 0.3) is 0 Å². The third kappa shape index (κ3) is 3.11. The quantitative estimate of drug-likeness (QED) is 0.726. The summed E-state index contributed by atoms with van der Waals surface area (Å²) >= 11 is 3.63. The summed E-state index contributed by atoms with van der Waals surface area (Å²) in [6.07, 6.45) is 2.74. The fourth-order valence-electron chi connectivity index (χ4n) is 3.48. The van der Waals surface area contributed by atoms with Gasteiger partial charge in [-0.05, 0) is 29.3 Å². The first-order valence-electron chi connectivity index (χ1n) is 8.26. The van der Waals surface area contributed by atoms with E-state index < -0.39 is 0 Å². The molecule has 5 heteroatoms. The molecule has 1 N–H and O–H groups in total. The normalized spacial score (nSPS) is 17.0. The van der Waals surface area contributed by atoms with Crippen LogP contribution in [0.5, 0.6) is 0 Å². The molecule has 0 saturated heterocycles. The van der Waals surface area contributed by atoms with E-state index in [4.69, 9.17) is 0 Å². The molecule has 3 aromatic rings. The molecule has 1 atom stereocenters. The van der Waals surface area contributed by atoms with Gasteiger partial charge in [-0.3, -0.25) is 4.90 Å². The number of H-pyrrole nitrogens is 1. The lowest BCUT2D eigenvalue weighted by molar-refractivity contribution is 0.200. The highest BCUT2D eigenvalue weighted by molar-refractivity contribution is 9.10. The van der Waals surface area contributed by atoms with Crippen LogP contribution in [0.1, 0.15) is 34.1 Å². The van der Waals surface area contributed by atoms with Crippen molar-refractivity contribution in [3.63, 3.8) is 0 Å². The fourth-order valence-corrected chi connectivity index (χ4v) is 3.86. The lowest BCUT2D eigenvalue weighted by Crippen LogP contribution is -2.36. The van der Waals surface area contributed by atoms with Gasteiger partial charge in [0.15, 0.2) is 0 Å². The average Bonchev–Trinajstić information content (AvgIpc) is 3.12. The maximum atomic E-state index is 9.20. The fraction of sp³-hybridized carbons (Fsp3) is 0.200. The highest BCUT2D eigenvalue weighted by atomic mass is 79.9. The zero-order chi connectivity index (χ0) is 17.2. The SMILES string of the molecule is N#Cc1ccc(Br)c(CN2CCc3[nH]cnc3C2c2ccccc2)c1. The number of benzene rings is 2. The second kappa shape index (κ2) is 6.83. The molecule has 0 spiro atoms. The van der Waals surface area contributed by atoms with Crippen molar-refractivity contribution in [1.29, 1.82) is 5.26 Å². The molecule has 2 heterocycles. The summed E-state index contributed by atoms with van der Waals surface area (Å²) in [5, 5.41) is 9.20. The van der Waals surface area contributed by atoms with Crippen molar-refractivity contribution in [3.8, 4) is 6.07 Å². The Kier molecular flexibility index (Phi) is 4.39. The van der Waals surface area contributed by atoms with Crippen molar-refractivity contribution in [2.75, 3.05) is 6.54 Å². The third-order valence-electron chi connectivity index (χ3n) is 4.69. The van der Waals surface area contributed by atoms with Gasteiger partial charge in [-0.15, -0.1) is 0 Å². The van der Waals surface area contributed by atoms with Gasteiger partial charge in [-0.1, -0.05) is 46.3 Å². The van der Waals surface area contributed by atoms with Gasteiger partial charge in [0.05, 0.1) is 29.7 Å². The Morgan fingerprint density at radius 2 is 2.08 bits per heavy atom. The zero-order valence-electron chi connectivity index (χ0n) is 13.6. The van der Waals surface area contributed by atoms with E-state index in [0.717, 1.165) is 35.2 Å². The smallest absolute Gasteiger partial charge is 0.0991 e. The van der Waals surface area contributed by atoms with Gasteiger partial charge < -0.3 is 4.98 Å². The van der Waals surface area contributed by atoms with E-state index in [0.29, 0.717) is 5.56 Å². The van der Waals surface area contributed by atoms with Crippen molar-refractivity contribution in [1.82, 2.24) is 14.9 Å². The van der Waals surface area contributed by atoms with Crippen LogP contribution >= 0.6 is 15.9 Å². The maximum absolute atomic E-state index is 9.20. The van der Waals surface area contributed by atoms with Crippen LogP contribution in [0.3, 0.4) is 0 Å². The molecule has 1 aliphatic heterocycles. The van der Waals surface area contributed by atoms with Crippen LogP contribution < -0.4 is 0 Å². The van der Waals surface area contributed by atoms with Gasteiger partial charge >= 0.3 is 0 Å². The molecular weight excluding hydrogens is 376 g/mol. The molecule has 4 rings (SSSR count). The number of nitriles is 1. The molecule has 2 aromatic carbocycles. The van der Waals surface area contributed by atoms with Gasteiger partial charge in [0.25, 0.3) is 0 Å². The van der Waals surface area contributed by atoms with Crippen LogP contribution in [-0.2, 0) is 13.0 Å². The predicted octanol–water partition coefficient (Wildman–Crippen LogP) is 4.19. The van der Waals surface area contributed by atoms with Crippen molar-refractivity contribution < 1.29 is 0 Å². The summed E-state index contributed by atoms with van der Waals surface area (Å²) in [5.41, 5.74) is 5.37. The molecule has 1 aromatic heterocycles. The van der Waals surface area contributed by atoms with Crippen molar-refractivity contribution >= 4 is 15.9 Å². The van der Waals surface area contributed by atoms with Crippen LogP contribution in [0.15, 0.2) is 59.3 Å². The predicted molar refractivity (Wildman–Crippen MR) is 99.8 cm³/mol. The highest BCUT2D eigenvalue weighted by Crippen LogP contribution is 2.35. The zero-order valence-corrected chi connectivity index (χ0v) is 15.2. The first kappa shape index (κ1) is 16.1. The van der Waals surface area contributed by atoms with E-state index in [1.54, 1.807) is 6.33 Å². The molecule has 0 fully saturated rings. The molecule has 0 saturated carbocycles. The molecule has 25 heavy (non-hydrogen) atoms. The number of halogens is 1. The summed E-state index contributed by atoms with van der Waals surface area (Å²) < 4.78 is 1.03. The molecule has 0 aliphatic carbocycles. The maximum Gasteiger partial charge on any atom is 0.0991 e. The number of aromatic nitrogens is 2. The number of nitrogens with one attached hydrogen (secondary N) is 1. The summed E-state index contributed by atoms with van der Waals surface area (Å²) in [6.45, 7) is 1.71. The van der Waals surface area contributed by atoms with Crippen LogP contribution in [0.2, 0.25) is 0 Å². The number of imidazole rings is 1. The Labute approximate surface area is 155 Å².